The molecule has 0 aromatic heterocycles. The number of nitrogens with one attached hydrogen (secondary N) is 1. The second-order valence-corrected chi connectivity index (χ2v) is 4.08. The van der Waals surface area contributed by atoms with Gasteiger partial charge in [0.15, 0.2) is 11.5 Å². The predicted molar refractivity (Wildman–Crippen MR) is 74.1 cm³/mol. The quantitative estimate of drug-likeness (QED) is 0.905. The lowest BCUT2D eigenvalue weighted by Gasteiger charge is -2.14. The molecule has 0 bridgehead atoms. The van der Waals surface area contributed by atoms with Crippen LogP contribution in [0, 0.1) is 0 Å². The average molecular weight is 302 g/mol. The average Bonchev–Trinajstić information content (AvgIpc) is 2.77. The molecule has 0 fully saturated rings. The molecule has 17 heavy (non-hydrogen) atoms. The van der Waals surface area contributed by atoms with Gasteiger partial charge in [0.05, 0.1) is 0 Å². The summed E-state index contributed by atoms with van der Waals surface area (Å²) in [5.41, 5.74) is 1.25. The molecule has 0 saturated heterocycles. The van der Waals surface area contributed by atoms with Crippen molar-refractivity contribution in [2.24, 2.45) is 0 Å². The molecule has 1 aromatic carbocycles. The lowest BCUT2D eigenvalue weighted by molar-refractivity contribution is 0.174. The lowest BCUT2D eigenvalue weighted by Crippen LogP contribution is -2.26. The molecule has 2 rings (SSSR count). The van der Waals surface area contributed by atoms with E-state index in [1.54, 1.807) is 0 Å². The number of rotatable bonds is 5. The summed E-state index contributed by atoms with van der Waals surface area (Å²) in [7, 11) is 0. The van der Waals surface area contributed by atoms with Gasteiger partial charge in [-0.05, 0) is 30.5 Å². The van der Waals surface area contributed by atoms with E-state index in [0.717, 1.165) is 18.0 Å². The Balaban J connectivity index is 0.00000144. The van der Waals surface area contributed by atoms with E-state index in [1.807, 2.05) is 6.07 Å². The Labute approximate surface area is 113 Å². The van der Waals surface area contributed by atoms with Gasteiger partial charge >= 0.3 is 0 Å². The van der Waals surface area contributed by atoms with Crippen molar-refractivity contribution in [2.75, 3.05) is 6.79 Å². The molecular weight excluding hydrogens is 282 g/mol. The Morgan fingerprint density at radius 1 is 1.18 bits per heavy atom. The van der Waals surface area contributed by atoms with Crippen LogP contribution < -0.4 is 14.8 Å². The van der Waals surface area contributed by atoms with Crippen molar-refractivity contribution in [3.8, 4) is 11.5 Å². The first-order chi connectivity index (χ1) is 7.83. The van der Waals surface area contributed by atoms with Gasteiger partial charge in [-0.2, -0.15) is 0 Å². The van der Waals surface area contributed by atoms with Crippen molar-refractivity contribution in [1.82, 2.24) is 5.32 Å². The van der Waals surface area contributed by atoms with E-state index in [-0.39, 0.29) is 17.0 Å². The van der Waals surface area contributed by atoms with Gasteiger partial charge in [-0.1, -0.05) is 19.9 Å². The summed E-state index contributed by atoms with van der Waals surface area (Å²) in [6, 6.07) is 6.72. The van der Waals surface area contributed by atoms with Crippen molar-refractivity contribution in [3.63, 3.8) is 0 Å². The van der Waals surface area contributed by atoms with Crippen LogP contribution in [0.3, 0.4) is 0 Å². The minimum atomic E-state index is 0. The molecule has 0 atom stereocenters. The fourth-order valence-electron chi connectivity index (χ4n) is 1.89. The zero-order chi connectivity index (χ0) is 11.4. The lowest BCUT2D eigenvalue weighted by atomic mass is 10.1. The normalized spacial score (nSPS) is 12.6. The van der Waals surface area contributed by atoms with Crippen LogP contribution in [0.4, 0.5) is 0 Å². The number of ether oxygens (including phenoxy) is 2. The number of hydrogen-bond acceptors (Lipinski definition) is 3. The molecule has 0 saturated carbocycles. The molecular formula is C13H20BrNO2. The van der Waals surface area contributed by atoms with Crippen molar-refractivity contribution in [1.29, 1.82) is 0 Å². The first kappa shape index (κ1) is 14.3. The van der Waals surface area contributed by atoms with Crippen LogP contribution in [0.1, 0.15) is 32.3 Å². The van der Waals surface area contributed by atoms with E-state index < -0.39 is 0 Å². The van der Waals surface area contributed by atoms with E-state index in [0.29, 0.717) is 12.8 Å². The second-order valence-electron chi connectivity index (χ2n) is 4.08. The first-order valence-electron chi connectivity index (χ1n) is 5.95. The van der Waals surface area contributed by atoms with Crippen molar-refractivity contribution < 1.29 is 9.47 Å². The van der Waals surface area contributed by atoms with Crippen molar-refractivity contribution in [2.45, 2.75) is 39.3 Å². The van der Waals surface area contributed by atoms with Gasteiger partial charge in [0, 0.05) is 12.6 Å². The Morgan fingerprint density at radius 2 is 1.88 bits per heavy atom. The molecule has 0 radical (unpaired) electrons. The maximum Gasteiger partial charge on any atom is 0.231 e. The molecule has 1 aromatic rings. The van der Waals surface area contributed by atoms with Gasteiger partial charge in [0.1, 0.15) is 0 Å². The molecule has 1 N–H and O–H groups in total. The summed E-state index contributed by atoms with van der Waals surface area (Å²) in [5.74, 6) is 1.72. The highest BCUT2D eigenvalue weighted by Crippen LogP contribution is 2.32. The number of halogens is 1. The van der Waals surface area contributed by atoms with Gasteiger partial charge in [0.2, 0.25) is 6.79 Å². The molecule has 0 spiro atoms. The Hall–Kier alpha value is -0.740. The van der Waals surface area contributed by atoms with E-state index in [1.165, 1.54) is 18.4 Å². The molecule has 4 heteroatoms. The van der Waals surface area contributed by atoms with E-state index >= 15 is 0 Å². The van der Waals surface area contributed by atoms with Crippen LogP contribution in [-0.2, 0) is 6.54 Å². The molecule has 1 aliphatic rings. The maximum absolute atomic E-state index is 5.35. The maximum atomic E-state index is 5.35. The zero-order valence-electron chi connectivity index (χ0n) is 10.4. The molecule has 96 valence electrons. The number of fused-ring (bicyclic) bond motifs is 1. The fraction of sp³-hybridized carbons (Fsp3) is 0.538. The van der Waals surface area contributed by atoms with Crippen LogP contribution in [0.25, 0.3) is 0 Å². The first-order valence-corrected chi connectivity index (χ1v) is 5.95. The van der Waals surface area contributed by atoms with Crippen LogP contribution in [0.5, 0.6) is 11.5 Å². The highest BCUT2D eigenvalue weighted by Gasteiger charge is 2.13. The highest BCUT2D eigenvalue weighted by atomic mass is 79.9. The summed E-state index contributed by atoms with van der Waals surface area (Å²) < 4.78 is 10.6. The third-order valence-corrected chi connectivity index (χ3v) is 3.02. The summed E-state index contributed by atoms with van der Waals surface area (Å²) >= 11 is 0. The molecule has 3 nitrogen and oxygen atoms in total. The minimum absolute atomic E-state index is 0. The Bertz CT molecular complexity index is 353. The van der Waals surface area contributed by atoms with E-state index in [4.69, 9.17) is 9.47 Å². The van der Waals surface area contributed by atoms with E-state index in [2.05, 4.69) is 31.3 Å². The van der Waals surface area contributed by atoms with Gasteiger partial charge in [-0.25, -0.2) is 0 Å². The van der Waals surface area contributed by atoms with Crippen molar-refractivity contribution >= 4 is 17.0 Å². The Kier molecular flexibility index (Phi) is 5.78. The summed E-state index contributed by atoms with van der Waals surface area (Å²) in [4.78, 5) is 0. The summed E-state index contributed by atoms with van der Waals surface area (Å²) in [6.07, 6.45) is 2.34. The summed E-state index contributed by atoms with van der Waals surface area (Å²) in [5, 5.41) is 3.53. The largest absolute Gasteiger partial charge is 0.454 e. The van der Waals surface area contributed by atoms with Crippen molar-refractivity contribution in [3.05, 3.63) is 23.8 Å². The van der Waals surface area contributed by atoms with E-state index in [9.17, 15) is 0 Å². The van der Waals surface area contributed by atoms with Crippen LogP contribution in [0.15, 0.2) is 18.2 Å². The minimum Gasteiger partial charge on any atom is -0.454 e. The highest BCUT2D eigenvalue weighted by molar-refractivity contribution is 8.93. The molecule has 0 aliphatic carbocycles. The van der Waals surface area contributed by atoms with Crippen LogP contribution in [-0.4, -0.2) is 12.8 Å². The number of benzene rings is 1. The molecule has 1 heterocycles. The predicted octanol–water partition coefficient (Wildman–Crippen LogP) is 3.27. The number of hydrogen-bond donors (Lipinski definition) is 1. The topological polar surface area (TPSA) is 30.5 Å². The molecule has 1 aliphatic heterocycles. The molecule has 0 unspecified atom stereocenters. The summed E-state index contributed by atoms with van der Waals surface area (Å²) in [6.45, 7) is 5.66. The molecule has 0 amide bonds. The zero-order valence-corrected chi connectivity index (χ0v) is 12.1. The van der Waals surface area contributed by atoms with Crippen LogP contribution >= 0.6 is 17.0 Å². The van der Waals surface area contributed by atoms with Gasteiger partial charge < -0.3 is 14.8 Å². The third-order valence-electron chi connectivity index (χ3n) is 3.02. The Morgan fingerprint density at radius 3 is 2.59 bits per heavy atom. The fourth-order valence-corrected chi connectivity index (χ4v) is 1.89. The monoisotopic (exact) mass is 301 g/mol. The third kappa shape index (κ3) is 3.61. The second kappa shape index (κ2) is 6.87. The van der Waals surface area contributed by atoms with Gasteiger partial charge in [0.25, 0.3) is 0 Å². The smallest absolute Gasteiger partial charge is 0.231 e. The van der Waals surface area contributed by atoms with Gasteiger partial charge in [-0.15, -0.1) is 17.0 Å². The van der Waals surface area contributed by atoms with Crippen LogP contribution in [0.2, 0.25) is 0 Å². The standard InChI is InChI=1S/C13H19NO2.BrH/c1-3-11(4-2)14-8-10-5-6-12-13(7-10)16-9-15-12;/h5-7,11,14H,3-4,8-9H2,1-2H3;1H. The SMILES string of the molecule is Br.CCC(CC)NCc1ccc2c(c1)OCO2. The van der Waals surface area contributed by atoms with Gasteiger partial charge in [-0.3, -0.25) is 0 Å².